The molecule has 0 heterocycles. The van der Waals surface area contributed by atoms with E-state index in [0.29, 0.717) is 5.56 Å². The topological polar surface area (TPSA) is 58.2 Å². The van der Waals surface area contributed by atoms with Crippen molar-refractivity contribution in [3.8, 4) is 22.3 Å². The summed E-state index contributed by atoms with van der Waals surface area (Å²) in [7, 11) is 0. The summed E-state index contributed by atoms with van der Waals surface area (Å²) >= 11 is 0. The Balaban J connectivity index is 0.964. The molecule has 11 aromatic rings. The molecule has 0 aliphatic heterocycles. The van der Waals surface area contributed by atoms with Gasteiger partial charge in [0, 0.05) is 34.6 Å². The lowest BCUT2D eigenvalue weighted by atomic mass is 9.84. The summed E-state index contributed by atoms with van der Waals surface area (Å²) < 4.78 is 0. The first-order valence-corrected chi connectivity index (χ1v) is 25.0. The molecule has 0 fully saturated rings. The van der Waals surface area contributed by atoms with E-state index in [2.05, 4.69) is 206 Å². The van der Waals surface area contributed by atoms with E-state index in [9.17, 15) is 9.59 Å². The van der Waals surface area contributed by atoms with E-state index in [1.165, 1.54) is 71.3 Å². The molecule has 4 nitrogen and oxygen atoms in total. The molecule has 2 N–H and O–H groups in total. The third-order valence-corrected chi connectivity index (χ3v) is 15.0. The van der Waals surface area contributed by atoms with Crippen molar-refractivity contribution in [1.29, 1.82) is 0 Å². The standard InChI is InChI=1S/C68H58N2O2/c1-37-12-20-55-60(29-37)53(45(9)44(8)52-23-26-65(69-46(10)71)61-30-38(2)11-19-54(52)61)24-25-64(55)70-68(72)59-35-47-15-17-49(34-51(47)33-43(59)7)66-56-21-13-40(4)32-63(56)67(57-22-14-39(3)31-62(57)66)50-18-16-48-28-41(5)27-42(6)58(48)36-50/h11-36H,1-10H3,(H,69,71)(H,70,72)/b45-44+. The van der Waals surface area contributed by atoms with Gasteiger partial charge in [-0.1, -0.05) is 149 Å². The highest BCUT2D eigenvalue weighted by atomic mass is 16.2. The molecule has 11 aromatic carbocycles. The first-order chi connectivity index (χ1) is 34.6. The molecule has 0 spiro atoms. The van der Waals surface area contributed by atoms with Gasteiger partial charge in [-0.2, -0.15) is 0 Å². The monoisotopic (exact) mass is 934 g/mol. The SMILES string of the molecule is CC(=O)Nc1ccc(/C(C)=C(\C)c2ccc(NC(=O)c3cc4ccc(-c5c6ccc(C)cc6c(-c6ccc7cc(C)cc(C)c7c6)c6ccc(C)cc56)cc4cc3C)c3ccc(C)cc23)c2ccc(C)cc12. The van der Waals surface area contributed by atoms with Crippen molar-refractivity contribution in [3.05, 3.63) is 213 Å². The van der Waals surface area contributed by atoms with Crippen molar-refractivity contribution in [3.63, 3.8) is 0 Å². The minimum atomic E-state index is -0.144. The second-order valence-corrected chi connectivity index (χ2v) is 20.4. The maximum atomic E-state index is 14.5. The summed E-state index contributed by atoms with van der Waals surface area (Å²) in [6.45, 7) is 20.8. The highest BCUT2D eigenvalue weighted by molar-refractivity contribution is 6.23. The summed E-state index contributed by atoms with van der Waals surface area (Å²) in [6, 6.07) is 57.3. The van der Waals surface area contributed by atoms with Gasteiger partial charge < -0.3 is 10.6 Å². The molecule has 0 bridgehead atoms. The van der Waals surface area contributed by atoms with Crippen LogP contribution in [0.3, 0.4) is 0 Å². The number of fused-ring (bicyclic) bond motifs is 6. The third kappa shape index (κ3) is 8.07. The van der Waals surface area contributed by atoms with Gasteiger partial charge in [0.05, 0.1) is 0 Å². The van der Waals surface area contributed by atoms with Crippen LogP contribution in [0, 0.1) is 48.5 Å². The zero-order chi connectivity index (χ0) is 50.3. The highest BCUT2D eigenvalue weighted by Crippen LogP contribution is 2.46. The second-order valence-electron chi connectivity index (χ2n) is 20.4. The van der Waals surface area contributed by atoms with Crippen LogP contribution >= 0.6 is 0 Å². The zero-order valence-corrected chi connectivity index (χ0v) is 42.8. The molecular formula is C68H58N2O2. The van der Waals surface area contributed by atoms with Gasteiger partial charge in [-0.05, 0) is 208 Å². The van der Waals surface area contributed by atoms with Crippen LogP contribution in [-0.4, -0.2) is 11.8 Å². The number of rotatable bonds is 7. The van der Waals surface area contributed by atoms with Crippen LogP contribution in [0.2, 0.25) is 0 Å². The molecule has 2 amide bonds. The van der Waals surface area contributed by atoms with E-state index in [0.717, 1.165) is 88.2 Å². The lowest BCUT2D eigenvalue weighted by Gasteiger charge is -2.20. The van der Waals surface area contributed by atoms with Crippen LogP contribution < -0.4 is 10.6 Å². The average Bonchev–Trinajstić information content (AvgIpc) is 3.34. The molecule has 0 saturated heterocycles. The average molecular weight is 935 g/mol. The van der Waals surface area contributed by atoms with Gasteiger partial charge in [0.2, 0.25) is 5.91 Å². The van der Waals surface area contributed by atoms with Crippen LogP contribution in [-0.2, 0) is 4.79 Å². The molecule has 0 aliphatic rings. The third-order valence-electron chi connectivity index (χ3n) is 15.0. The van der Waals surface area contributed by atoms with Crippen molar-refractivity contribution in [2.24, 2.45) is 0 Å². The zero-order valence-electron chi connectivity index (χ0n) is 42.8. The summed E-state index contributed by atoms with van der Waals surface area (Å²) in [5, 5.41) is 20.1. The van der Waals surface area contributed by atoms with Crippen molar-refractivity contribution in [2.75, 3.05) is 10.6 Å². The number of hydrogen-bond donors (Lipinski definition) is 2. The molecule has 0 saturated carbocycles. The molecular weight excluding hydrogens is 877 g/mol. The van der Waals surface area contributed by atoms with Crippen LogP contribution in [0.15, 0.2) is 158 Å². The van der Waals surface area contributed by atoms with E-state index >= 15 is 0 Å². The predicted molar refractivity (Wildman–Crippen MR) is 309 cm³/mol. The lowest BCUT2D eigenvalue weighted by molar-refractivity contribution is -0.114. The molecule has 72 heavy (non-hydrogen) atoms. The Morgan fingerprint density at radius 3 is 1.44 bits per heavy atom. The Morgan fingerprint density at radius 1 is 0.319 bits per heavy atom. The summed E-state index contributed by atoms with van der Waals surface area (Å²) in [6.07, 6.45) is 0. The molecule has 0 atom stereocenters. The quantitative estimate of drug-likeness (QED) is 0.124. The van der Waals surface area contributed by atoms with Crippen molar-refractivity contribution >= 4 is 99.0 Å². The van der Waals surface area contributed by atoms with Crippen LogP contribution in [0.25, 0.3) is 98.0 Å². The van der Waals surface area contributed by atoms with Gasteiger partial charge in [0.25, 0.3) is 5.91 Å². The maximum Gasteiger partial charge on any atom is 0.255 e. The van der Waals surface area contributed by atoms with E-state index in [4.69, 9.17) is 0 Å². The number of carbonyl (C=O) groups excluding carboxylic acids is 2. The van der Waals surface area contributed by atoms with Crippen LogP contribution in [0.5, 0.6) is 0 Å². The Morgan fingerprint density at radius 2 is 0.833 bits per heavy atom. The Bertz CT molecular complexity index is 4190. The van der Waals surface area contributed by atoms with Gasteiger partial charge >= 0.3 is 0 Å². The number of anilines is 2. The Labute approximate surface area is 422 Å². The normalized spacial score (nSPS) is 12.1. The van der Waals surface area contributed by atoms with Crippen LogP contribution in [0.4, 0.5) is 11.4 Å². The molecule has 0 radical (unpaired) electrons. The number of hydrogen-bond acceptors (Lipinski definition) is 2. The fourth-order valence-electron chi connectivity index (χ4n) is 11.4. The molecule has 352 valence electrons. The summed E-state index contributed by atoms with van der Waals surface area (Å²) in [4.78, 5) is 26.6. The van der Waals surface area contributed by atoms with Gasteiger partial charge in [-0.15, -0.1) is 0 Å². The van der Waals surface area contributed by atoms with E-state index in [1.54, 1.807) is 6.92 Å². The number of allylic oxidation sites excluding steroid dienone is 2. The minimum Gasteiger partial charge on any atom is -0.326 e. The van der Waals surface area contributed by atoms with Gasteiger partial charge in [0.15, 0.2) is 0 Å². The molecule has 0 aromatic heterocycles. The number of aryl methyl sites for hydroxylation is 7. The first-order valence-electron chi connectivity index (χ1n) is 25.0. The fourth-order valence-corrected chi connectivity index (χ4v) is 11.4. The molecule has 0 aliphatic carbocycles. The smallest absolute Gasteiger partial charge is 0.255 e. The van der Waals surface area contributed by atoms with Crippen LogP contribution in [0.1, 0.15) is 81.2 Å². The minimum absolute atomic E-state index is 0.0958. The number of carbonyl (C=O) groups is 2. The number of amides is 2. The van der Waals surface area contributed by atoms with Crippen molar-refractivity contribution in [1.82, 2.24) is 0 Å². The van der Waals surface area contributed by atoms with Gasteiger partial charge in [-0.25, -0.2) is 0 Å². The van der Waals surface area contributed by atoms with Crippen molar-refractivity contribution < 1.29 is 9.59 Å². The van der Waals surface area contributed by atoms with E-state index < -0.39 is 0 Å². The summed E-state index contributed by atoms with van der Waals surface area (Å²) in [5.41, 5.74) is 19.7. The fraction of sp³-hybridized carbons (Fsp3) is 0.147. The van der Waals surface area contributed by atoms with Gasteiger partial charge in [0.1, 0.15) is 0 Å². The molecule has 11 rings (SSSR count). The van der Waals surface area contributed by atoms with Crippen molar-refractivity contribution in [2.45, 2.75) is 69.2 Å². The molecule has 4 heteroatoms. The van der Waals surface area contributed by atoms with Gasteiger partial charge in [-0.3, -0.25) is 9.59 Å². The molecule has 0 unspecified atom stereocenters. The lowest BCUT2D eigenvalue weighted by Crippen LogP contribution is -2.14. The second kappa shape index (κ2) is 17.8. The first kappa shape index (κ1) is 46.1. The largest absolute Gasteiger partial charge is 0.326 e. The summed E-state index contributed by atoms with van der Waals surface area (Å²) in [5.74, 6) is -0.239. The Hall–Kier alpha value is -8.34. The predicted octanol–water partition coefficient (Wildman–Crippen LogP) is 18.3. The highest BCUT2D eigenvalue weighted by Gasteiger charge is 2.21. The number of benzene rings is 11. The van der Waals surface area contributed by atoms with E-state index in [-0.39, 0.29) is 11.8 Å². The van der Waals surface area contributed by atoms with E-state index in [1.807, 2.05) is 25.1 Å². The maximum absolute atomic E-state index is 14.5. The number of nitrogens with one attached hydrogen (secondary N) is 2. The Kier molecular flexibility index (Phi) is 11.4.